The Bertz CT molecular complexity index is 623. The molecule has 0 heterocycles. The number of carbonyl (C=O) groups is 1. The van der Waals surface area contributed by atoms with Crippen molar-refractivity contribution in [2.24, 2.45) is 0 Å². The highest BCUT2D eigenvalue weighted by Gasteiger charge is 2.05. The predicted molar refractivity (Wildman–Crippen MR) is 97.3 cm³/mol. The van der Waals surface area contributed by atoms with Gasteiger partial charge in [-0.25, -0.2) is 4.79 Å². The minimum atomic E-state index is -0.376. The lowest BCUT2D eigenvalue weighted by atomic mass is 10.2. The van der Waals surface area contributed by atoms with Crippen molar-refractivity contribution in [3.63, 3.8) is 0 Å². The van der Waals surface area contributed by atoms with Crippen LogP contribution in [0.5, 0.6) is 11.5 Å². The van der Waals surface area contributed by atoms with Crippen molar-refractivity contribution in [1.29, 1.82) is 0 Å². The van der Waals surface area contributed by atoms with Gasteiger partial charge in [0, 0.05) is 12.5 Å². The largest absolute Gasteiger partial charge is 0.493 e. The van der Waals surface area contributed by atoms with Crippen LogP contribution in [0.25, 0.3) is 6.08 Å². The van der Waals surface area contributed by atoms with Gasteiger partial charge in [-0.3, -0.25) is 0 Å². The number of ether oxygens (including phenoxy) is 3. The molecule has 0 aromatic heterocycles. The molecule has 1 rings (SSSR count). The highest BCUT2D eigenvalue weighted by molar-refractivity contribution is 5.87. The second-order valence-electron chi connectivity index (χ2n) is 5.71. The van der Waals surface area contributed by atoms with E-state index in [2.05, 4.69) is 6.58 Å². The van der Waals surface area contributed by atoms with Crippen LogP contribution in [0.15, 0.2) is 48.1 Å². The van der Waals surface area contributed by atoms with Gasteiger partial charge in [-0.2, -0.15) is 0 Å². The molecule has 1 aromatic carbocycles. The van der Waals surface area contributed by atoms with Crippen molar-refractivity contribution < 1.29 is 19.0 Å². The van der Waals surface area contributed by atoms with Crippen molar-refractivity contribution in [2.45, 2.75) is 27.2 Å². The molecule has 0 radical (unpaired) electrons. The van der Waals surface area contributed by atoms with E-state index in [1.165, 1.54) is 11.6 Å². The van der Waals surface area contributed by atoms with Crippen LogP contribution < -0.4 is 9.47 Å². The molecule has 130 valence electrons. The van der Waals surface area contributed by atoms with Crippen molar-refractivity contribution in [3.8, 4) is 11.5 Å². The minimum Gasteiger partial charge on any atom is -0.493 e. The topological polar surface area (TPSA) is 44.8 Å². The Morgan fingerprint density at radius 1 is 1.21 bits per heavy atom. The summed E-state index contributed by atoms with van der Waals surface area (Å²) in [5.74, 6) is 0.908. The maximum atomic E-state index is 11.6. The standard InChI is InChI=1S/C20H26O4/c1-15(2)10-12-23-18-8-6-17(14-19(18)22-5)7-9-20(21)24-13-11-16(3)4/h6-10,14H,3,11-13H2,1-2,4-5H3. The number of methoxy groups -OCH3 is 1. The van der Waals surface area contributed by atoms with Crippen molar-refractivity contribution in [2.75, 3.05) is 20.3 Å². The monoisotopic (exact) mass is 330 g/mol. The van der Waals surface area contributed by atoms with E-state index in [0.29, 0.717) is 31.1 Å². The van der Waals surface area contributed by atoms with Gasteiger partial charge in [0.1, 0.15) is 6.61 Å². The summed E-state index contributed by atoms with van der Waals surface area (Å²) in [6, 6.07) is 5.50. The number of esters is 1. The predicted octanol–water partition coefficient (Wildman–Crippen LogP) is 4.56. The van der Waals surface area contributed by atoms with E-state index in [0.717, 1.165) is 11.1 Å². The van der Waals surface area contributed by atoms with Gasteiger partial charge in [0.15, 0.2) is 11.5 Å². The van der Waals surface area contributed by atoms with Gasteiger partial charge in [0.25, 0.3) is 0 Å². The number of hydrogen-bond acceptors (Lipinski definition) is 4. The van der Waals surface area contributed by atoms with Crippen molar-refractivity contribution in [3.05, 3.63) is 53.6 Å². The zero-order valence-electron chi connectivity index (χ0n) is 14.9. The van der Waals surface area contributed by atoms with E-state index >= 15 is 0 Å². The van der Waals surface area contributed by atoms with E-state index in [1.807, 2.05) is 45.0 Å². The molecule has 0 unspecified atom stereocenters. The fraction of sp³-hybridized carbons (Fsp3) is 0.350. The van der Waals surface area contributed by atoms with Gasteiger partial charge >= 0.3 is 5.97 Å². The fourth-order valence-corrected chi connectivity index (χ4v) is 1.74. The summed E-state index contributed by atoms with van der Waals surface area (Å²) in [6.07, 6.45) is 5.75. The third kappa shape index (κ3) is 7.68. The van der Waals surface area contributed by atoms with Crippen LogP contribution in [0, 0.1) is 0 Å². The lowest BCUT2D eigenvalue weighted by molar-refractivity contribution is -0.137. The first-order valence-corrected chi connectivity index (χ1v) is 7.85. The zero-order valence-corrected chi connectivity index (χ0v) is 14.9. The van der Waals surface area contributed by atoms with Crippen molar-refractivity contribution in [1.82, 2.24) is 0 Å². The van der Waals surface area contributed by atoms with Gasteiger partial charge in [-0.05, 0) is 50.6 Å². The number of hydrogen-bond donors (Lipinski definition) is 0. The molecule has 0 spiro atoms. The summed E-state index contributed by atoms with van der Waals surface area (Å²) in [4.78, 5) is 11.6. The molecule has 0 saturated heterocycles. The highest BCUT2D eigenvalue weighted by Crippen LogP contribution is 2.28. The molecule has 4 nitrogen and oxygen atoms in total. The van der Waals surface area contributed by atoms with E-state index in [9.17, 15) is 4.79 Å². The summed E-state index contributed by atoms with van der Waals surface area (Å²) in [6.45, 7) is 10.5. The van der Waals surface area contributed by atoms with Gasteiger partial charge in [0.2, 0.25) is 0 Å². The van der Waals surface area contributed by atoms with Gasteiger partial charge in [-0.1, -0.05) is 17.2 Å². The average molecular weight is 330 g/mol. The first-order chi connectivity index (χ1) is 11.4. The van der Waals surface area contributed by atoms with Crippen LogP contribution in [-0.4, -0.2) is 26.3 Å². The molecule has 0 aliphatic carbocycles. The van der Waals surface area contributed by atoms with E-state index in [1.54, 1.807) is 13.2 Å². The molecule has 4 heteroatoms. The van der Waals surface area contributed by atoms with E-state index < -0.39 is 0 Å². The Morgan fingerprint density at radius 3 is 2.58 bits per heavy atom. The fourth-order valence-electron chi connectivity index (χ4n) is 1.74. The number of carbonyl (C=O) groups excluding carboxylic acids is 1. The summed E-state index contributed by atoms with van der Waals surface area (Å²) in [5, 5.41) is 0. The highest BCUT2D eigenvalue weighted by atomic mass is 16.5. The summed E-state index contributed by atoms with van der Waals surface area (Å²) >= 11 is 0. The molecule has 0 atom stereocenters. The minimum absolute atomic E-state index is 0.346. The van der Waals surface area contributed by atoms with Crippen LogP contribution in [0.1, 0.15) is 32.8 Å². The second kappa shape index (κ2) is 10.3. The molecule has 0 N–H and O–H groups in total. The van der Waals surface area contributed by atoms with Crippen LogP contribution in [0.2, 0.25) is 0 Å². The lowest BCUT2D eigenvalue weighted by Crippen LogP contribution is -2.02. The molecule has 0 fully saturated rings. The summed E-state index contributed by atoms with van der Waals surface area (Å²) in [5.41, 5.74) is 3.01. The SMILES string of the molecule is C=C(C)CCOC(=O)C=Cc1ccc(OCC=C(C)C)c(OC)c1. The molecule has 0 aliphatic rings. The Kier molecular flexibility index (Phi) is 8.41. The third-order valence-corrected chi connectivity index (χ3v) is 3.10. The maximum absolute atomic E-state index is 11.6. The molecule has 0 aliphatic heterocycles. The maximum Gasteiger partial charge on any atom is 0.330 e. The quantitative estimate of drug-likeness (QED) is 0.378. The molecule has 24 heavy (non-hydrogen) atoms. The van der Waals surface area contributed by atoms with Gasteiger partial charge in [0.05, 0.1) is 13.7 Å². The number of allylic oxidation sites excluding steroid dienone is 1. The Balaban J connectivity index is 2.66. The lowest BCUT2D eigenvalue weighted by Gasteiger charge is -2.10. The Morgan fingerprint density at radius 2 is 1.96 bits per heavy atom. The first-order valence-electron chi connectivity index (χ1n) is 7.85. The summed E-state index contributed by atoms with van der Waals surface area (Å²) in [7, 11) is 1.59. The third-order valence-electron chi connectivity index (χ3n) is 3.10. The molecule has 0 saturated carbocycles. The van der Waals surface area contributed by atoms with Crippen LogP contribution >= 0.6 is 0 Å². The van der Waals surface area contributed by atoms with Gasteiger partial charge in [-0.15, -0.1) is 6.58 Å². The Labute approximate surface area is 144 Å². The summed E-state index contributed by atoms with van der Waals surface area (Å²) < 4.78 is 16.1. The van der Waals surface area contributed by atoms with Crippen LogP contribution in [0.3, 0.4) is 0 Å². The molecular weight excluding hydrogens is 304 g/mol. The molecule has 1 aromatic rings. The van der Waals surface area contributed by atoms with E-state index in [-0.39, 0.29) is 5.97 Å². The first kappa shape index (κ1) is 19.6. The normalized spacial score (nSPS) is 10.3. The average Bonchev–Trinajstić information content (AvgIpc) is 2.53. The molecule has 0 bridgehead atoms. The number of benzene rings is 1. The molecular formula is C20H26O4. The molecule has 0 amide bonds. The second-order valence-corrected chi connectivity index (χ2v) is 5.71. The smallest absolute Gasteiger partial charge is 0.330 e. The van der Waals surface area contributed by atoms with Crippen molar-refractivity contribution >= 4 is 12.0 Å². The Hall–Kier alpha value is -2.49. The van der Waals surface area contributed by atoms with Crippen LogP contribution in [0.4, 0.5) is 0 Å². The zero-order chi connectivity index (χ0) is 17.9. The van der Waals surface area contributed by atoms with Crippen LogP contribution in [-0.2, 0) is 9.53 Å². The van der Waals surface area contributed by atoms with Gasteiger partial charge < -0.3 is 14.2 Å². The van der Waals surface area contributed by atoms with E-state index in [4.69, 9.17) is 14.2 Å². The number of rotatable bonds is 9.